The highest BCUT2D eigenvalue weighted by Crippen LogP contribution is 2.39. The van der Waals surface area contributed by atoms with Gasteiger partial charge in [-0.15, -0.1) is 0 Å². The van der Waals surface area contributed by atoms with Crippen LogP contribution in [0.15, 0.2) is 42.5 Å². The number of carbonyl (C=O) groups excluding carboxylic acids is 2. The third-order valence-electron chi connectivity index (χ3n) is 6.45. The maximum Gasteiger partial charge on any atom is 0.339 e. The summed E-state index contributed by atoms with van der Waals surface area (Å²) in [6, 6.07) is 11.3. The highest BCUT2D eigenvalue weighted by Gasteiger charge is 2.33. The summed E-state index contributed by atoms with van der Waals surface area (Å²) in [5.74, 6) is -0.933. The number of amides is 1. The number of anilines is 1. The molecule has 0 saturated carbocycles. The molecule has 8 nitrogen and oxygen atoms in total. The molecule has 1 unspecified atom stereocenters. The topological polar surface area (TPSA) is 111 Å². The molecule has 1 N–H and O–H groups in total. The molecule has 2 aromatic carbocycles. The van der Waals surface area contributed by atoms with Crippen LogP contribution in [0, 0.1) is 21.4 Å². The average molecular weight is 496 g/mol. The number of carbonyl (C=O) groups is 2. The van der Waals surface area contributed by atoms with Gasteiger partial charge in [-0.1, -0.05) is 50.6 Å². The van der Waals surface area contributed by atoms with Crippen LogP contribution in [-0.4, -0.2) is 28.4 Å². The minimum atomic E-state index is -0.691. The van der Waals surface area contributed by atoms with E-state index >= 15 is 0 Å². The summed E-state index contributed by atoms with van der Waals surface area (Å²) in [5, 5.41) is 14.5. The van der Waals surface area contributed by atoms with Crippen LogP contribution < -0.4 is 5.32 Å². The fourth-order valence-corrected chi connectivity index (χ4v) is 4.68. The number of nitrogens with zero attached hydrogens (tertiary/aromatic N) is 2. The van der Waals surface area contributed by atoms with Gasteiger partial charge in [0.2, 0.25) is 0 Å². The lowest BCUT2D eigenvalue weighted by atomic mass is 9.70. The highest BCUT2D eigenvalue weighted by molar-refractivity contribution is 6.31. The van der Waals surface area contributed by atoms with Crippen LogP contribution in [0.3, 0.4) is 0 Å². The van der Waals surface area contributed by atoms with Gasteiger partial charge in [0, 0.05) is 22.2 Å². The normalized spacial score (nSPS) is 15.4. The van der Waals surface area contributed by atoms with E-state index in [1.54, 1.807) is 0 Å². The molecule has 35 heavy (non-hydrogen) atoms. The van der Waals surface area contributed by atoms with E-state index in [0.717, 1.165) is 30.2 Å². The maximum atomic E-state index is 13.3. The number of nitro benzene ring substituents is 1. The van der Waals surface area contributed by atoms with Gasteiger partial charge in [0.25, 0.3) is 11.6 Å². The Bertz CT molecular complexity index is 1330. The molecule has 0 saturated heterocycles. The first-order valence-electron chi connectivity index (χ1n) is 11.4. The first kappa shape index (κ1) is 24.6. The Labute approximate surface area is 207 Å². The second kappa shape index (κ2) is 9.62. The van der Waals surface area contributed by atoms with Crippen LogP contribution in [0.25, 0.3) is 10.9 Å². The van der Waals surface area contributed by atoms with E-state index in [9.17, 15) is 19.7 Å². The zero-order chi connectivity index (χ0) is 25.3. The van der Waals surface area contributed by atoms with E-state index in [4.69, 9.17) is 21.3 Å². The van der Waals surface area contributed by atoms with Crippen molar-refractivity contribution in [2.24, 2.45) is 11.3 Å². The van der Waals surface area contributed by atoms with Crippen molar-refractivity contribution in [2.75, 3.05) is 11.9 Å². The summed E-state index contributed by atoms with van der Waals surface area (Å²) in [7, 11) is 0. The van der Waals surface area contributed by atoms with Crippen LogP contribution in [-0.2, 0) is 22.4 Å². The third-order valence-corrected chi connectivity index (χ3v) is 6.69. The van der Waals surface area contributed by atoms with Crippen LogP contribution in [0.1, 0.15) is 48.8 Å². The van der Waals surface area contributed by atoms with Crippen molar-refractivity contribution in [1.29, 1.82) is 0 Å². The zero-order valence-corrected chi connectivity index (χ0v) is 20.5. The van der Waals surface area contributed by atoms with Gasteiger partial charge in [0.1, 0.15) is 5.69 Å². The van der Waals surface area contributed by atoms with Crippen molar-refractivity contribution >= 4 is 45.8 Å². The van der Waals surface area contributed by atoms with Gasteiger partial charge in [0.05, 0.1) is 16.0 Å². The summed E-state index contributed by atoms with van der Waals surface area (Å²) in [6.45, 7) is 5.98. The Balaban J connectivity index is 1.59. The number of aromatic nitrogens is 1. The molecule has 0 radical (unpaired) electrons. The van der Waals surface area contributed by atoms with Gasteiger partial charge in [-0.25, -0.2) is 4.79 Å². The van der Waals surface area contributed by atoms with Gasteiger partial charge in [-0.05, 0) is 54.4 Å². The van der Waals surface area contributed by atoms with E-state index in [-0.39, 0.29) is 21.8 Å². The van der Waals surface area contributed by atoms with Crippen LogP contribution >= 0.6 is 11.6 Å². The van der Waals surface area contributed by atoms with Crippen molar-refractivity contribution in [1.82, 2.24) is 4.98 Å². The number of nitro groups is 1. The number of hydrogen-bond acceptors (Lipinski definition) is 6. The second-order valence-electron chi connectivity index (χ2n) is 9.78. The molecule has 1 amide bonds. The minimum absolute atomic E-state index is 0.0276. The van der Waals surface area contributed by atoms with Gasteiger partial charge in [0.15, 0.2) is 6.61 Å². The molecule has 0 spiro atoms. The minimum Gasteiger partial charge on any atom is -0.452 e. The van der Waals surface area contributed by atoms with E-state index in [0.29, 0.717) is 28.8 Å². The number of pyridine rings is 1. The number of rotatable bonds is 5. The van der Waals surface area contributed by atoms with Gasteiger partial charge in [-0.3, -0.25) is 19.9 Å². The fourth-order valence-electron chi connectivity index (χ4n) is 4.51. The predicted molar refractivity (Wildman–Crippen MR) is 134 cm³/mol. The largest absolute Gasteiger partial charge is 0.452 e. The number of ether oxygens (including phenoxy) is 1. The number of esters is 1. The number of halogens is 1. The smallest absolute Gasteiger partial charge is 0.339 e. The van der Waals surface area contributed by atoms with E-state index in [1.165, 1.54) is 12.1 Å². The molecule has 1 heterocycles. The molecule has 4 rings (SSSR count). The molecular weight excluding hydrogens is 470 g/mol. The molecular formula is C26H26ClN3O5. The quantitative estimate of drug-likeness (QED) is 0.274. The van der Waals surface area contributed by atoms with Crippen LogP contribution in [0.5, 0.6) is 0 Å². The highest BCUT2D eigenvalue weighted by atomic mass is 35.5. The van der Waals surface area contributed by atoms with E-state index in [2.05, 4.69) is 26.1 Å². The van der Waals surface area contributed by atoms with Crippen LogP contribution in [0.4, 0.5) is 11.4 Å². The summed E-state index contributed by atoms with van der Waals surface area (Å²) in [5.41, 5.74) is 2.59. The average Bonchev–Trinajstić information content (AvgIpc) is 2.81. The molecule has 1 atom stereocenters. The molecule has 1 aliphatic rings. The van der Waals surface area contributed by atoms with Crippen LogP contribution in [0.2, 0.25) is 5.02 Å². The molecule has 1 aliphatic carbocycles. The standard InChI is InChI=1S/C26H26ClN3O5/c1-26(2,3)15-8-10-20-18(12-15)24(17-6-4-5-7-19(17)28-20)25(32)35-14-23(31)29-21-11-9-16(27)13-22(21)30(33)34/h4-7,9,11,13,15H,8,10,12,14H2,1-3H3,(H,29,31). The molecule has 182 valence electrons. The molecule has 0 aliphatic heterocycles. The van der Waals surface area contributed by atoms with Crippen molar-refractivity contribution in [3.63, 3.8) is 0 Å². The van der Waals surface area contributed by atoms with Gasteiger partial charge in [-0.2, -0.15) is 0 Å². The number of para-hydroxylation sites is 1. The summed E-state index contributed by atoms with van der Waals surface area (Å²) in [6.07, 6.45) is 2.45. The summed E-state index contributed by atoms with van der Waals surface area (Å²) >= 11 is 5.82. The SMILES string of the molecule is CC(C)(C)C1CCc2nc3ccccc3c(C(=O)OCC(=O)Nc3ccc(Cl)cc3[N+](=O)[O-])c2C1. The molecule has 1 aromatic heterocycles. The first-order chi connectivity index (χ1) is 16.5. The number of hydrogen-bond donors (Lipinski definition) is 1. The lowest BCUT2D eigenvalue weighted by Gasteiger charge is -2.35. The molecule has 0 fully saturated rings. The predicted octanol–water partition coefficient (Wildman–Crippen LogP) is 5.74. The number of aryl methyl sites for hydroxylation is 1. The monoisotopic (exact) mass is 495 g/mol. The Morgan fingerprint density at radius 1 is 1.23 bits per heavy atom. The molecule has 9 heteroatoms. The van der Waals surface area contributed by atoms with Crippen molar-refractivity contribution in [3.05, 3.63) is 74.4 Å². The van der Waals surface area contributed by atoms with Gasteiger partial charge < -0.3 is 10.1 Å². The van der Waals surface area contributed by atoms with Gasteiger partial charge >= 0.3 is 5.97 Å². The zero-order valence-electron chi connectivity index (χ0n) is 19.8. The van der Waals surface area contributed by atoms with Crippen molar-refractivity contribution in [3.8, 4) is 0 Å². The van der Waals surface area contributed by atoms with Crippen molar-refractivity contribution in [2.45, 2.75) is 40.0 Å². The maximum absolute atomic E-state index is 13.3. The van der Waals surface area contributed by atoms with E-state index < -0.39 is 23.4 Å². The second-order valence-corrected chi connectivity index (χ2v) is 10.2. The van der Waals surface area contributed by atoms with E-state index in [1.807, 2.05) is 24.3 Å². The molecule has 3 aromatic rings. The Kier molecular flexibility index (Phi) is 6.76. The van der Waals surface area contributed by atoms with Crippen molar-refractivity contribution < 1.29 is 19.2 Å². The number of benzene rings is 2. The number of fused-ring (bicyclic) bond motifs is 2. The summed E-state index contributed by atoms with van der Waals surface area (Å²) < 4.78 is 5.41. The Morgan fingerprint density at radius 2 is 1.97 bits per heavy atom. The fraction of sp³-hybridized carbons (Fsp3) is 0.346. The first-order valence-corrected chi connectivity index (χ1v) is 11.7. The summed E-state index contributed by atoms with van der Waals surface area (Å²) in [4.78, 5) is 41.2. The number of nitrogens with one attached hydrogen (secondary N) is 1. The lowest BCUT2D eigenvalue weighted by Crippen LogP contribution is -2.29. The Hall–Kier alpha value is -3.52. The molecule has 0 bridgehead atoms. The lowest BCUT2D eigenvalue weighted by molar-refractivity contribution is -0.383. The third kappa shape index (κ3) is 5.27. The Morgan fingerprint density at radius 3 is 2.69 bits per heavy atom.